The van der Waals surface area contributed by atoms with Gasteiger partial charge in [0, 0.05) is 16.5 Å². The Morgan fingerprint density at radius 2 is 2.12 bits per heavy atom. The van der Waals surface area contributed by atoms with Gasteiger partial charge >= 0.3 is 0 Å². The van der Waals surface area contributed by atoms with Gasteiger partial charge in [0.05, 0.1) is 17.6 Å². The Bertz CT molecular complexity index is 435. The molecule has 17 heavy (non-hydrogen) atoms. The zero-order valence-electron chi connectivity index (χ0n) is 10.0. The van der Waals surface area contributed by atoms with Crippen LogP contribution in [0.1, 0.15) is 31.9 Å². The van der Waals surface area contributed by atoms with E-state index >= 15 is 0 Å². The van der Waals surface area contributed by atoms with Crippen LogP contribution in [-0.4, -0.2) is 12.7 Å². The highest BCUT2D eigenvalue weighted by atomic mass is 79.9. The van der Waals surface area contributed by atoms with Gasteiger partial charge in [-0.2, -0.15) is 5.48 Å². The number of benzene rings is 1. The van der Waals surface area contributed by atoms with Crippen molar-refractivity contribution in [3.05, 3.63) is 26.6 Å². The molecule has 1 atom stereocenters. The summed E-state index contributed by atoms with van der Waals surface area (Å²) >= 11 is 7.03. The number of ether oxygens (including phenoxy) is 1. The van der Waals surface area contributed by atoms with Crippen LogP contribution in [0.3, 0.4) is 0 Å². The van der Waals surface area contributed by atoms with Crippen LogP contribution >= 0.6 is 31.9 Å². The summed E-state index contributed by atoms with van der Waals surface area (Å²) in [7, 11) is 1.63. The van der Waals surface area contributed by atoms with E-state index in [1.165, 1.54) is 0 Å². The van der Waals surface area contributed by atoms with Gasteiger partial charge in [-0.05, 0) is 41.9 Å². The Hall–Kier alpha value is -0.100. The van der Waals surface area contributed by atoms with Crippen LogP contribution in [0.4, 0.5) is 0 Å². The zero-order chi connectivity index (χ0) is 12.6. The molecule has 2 rings (SSSR count). The molecule has 1 aromatic rings. The molecular formula is C12H15Br2NO2. The summed E-state index contributed by atoms with van der Waals surface area (Å²) in [5.74, 6) is 0.888. The molecule has 94 valence electrons. The molecule has 0 aromatic heterocycles. The van der Waals surface area contributed by atoms with E-state index in [1.54, 1.807) is 7.11 Å². The Labute approximate surface area is 118 Å². The van der Waals surface area contributed by atoms with Gasteiger partial charge in [0.25, 0.3) is 0 Å². The third-order valence-electron chi connectivity index (χ3n) is 2.75. The lowest BCUT2D eigenvalue weighted by atomic mass is 9.90. The second-order valence-electron chi connectivity index (χ2n) is 4.75. The van der Waals surface area contributed by atoms with Gasteiger partial charge in [0.15, 0.2) is 0 Å². The predicted octanol–water partition coefficient (Wildman–Crippen LogP) is 3.96. The van der Waals surface area contributed by atoms with Crippen molar-refractivity contribution in [1.29, 1.82) is 0 Å². The highest BCUT2D eigenvalue weighted by molar-refractivity contribution is 9.11. The van der Waals surface area contributed by atoms with Crippen molar-refractivity contribution < 1.29 is 9.57 Å². The predicted molar refractivity (Wildman–Crippen MR) is 74.1 cm³/mol. The average molecular weight is 365 g/mol. The van der Waals surface area contributed by atoms with Crippen molar-refractivity contribution in [2.75, 3.05) is 7.11 Å². The standard InChI is InChI=1S/C12H15Br2NO2/c1-12(2)6-10(15-16-3)8-4-7(13)5-9(14)11(8)17-12/h4-5,10,15H,6H2,1-3H3. The second-order valence-corrected chi connectivity index (χ2v) is 6.52. The SMILES string of the molecule is CONC1CC(C)(C)Oc2c(Br)cc(Br)cc21. The molecule has 1 aliphatic rings. The number of rotatable bonds is 2. The van der Waals surface area contributed by atoms with Crippen LogP contribution in [-0.2, 0) is 4.84 Å². The molecule has 0 fully saturated rings. The number of hydrogen-bond acceptors (Lipinski definition) is 3. The number of halogens is 2. The summed E-state index contributed by atoms with van der Waals surface area (Å²) in [6.45, 7) is 4.16. The molecule has 5 heteroatoms. The molecule has 1 N–H and O–H groups in total. The molecule has 0 aliphatic carbocycles. The Kier molecular flexibility index (Phi) is 3.83. The lowest BCUT2D eigenvalue weighted by Crippen LogP contribution is -2.39. The maximum Gasteiger partial charge on any atom is 0.139 e. The second kappa shape index (κ2) is 4.88. The van der Waals surface area contributed by atoms with E-state index in [0.717, 1.165) is 26.7 Å². The minimum absolute atomic E-state index is 0.132. The van der Waals surface area contributed by atoms with Gasteiger partial charge in [0.1, 0.15) is 11.4 Å². The maximum atomic E-state index is 6.02. The van der Waals surface area contributed by atoms with E-state index in [9.17, 15) is 0 Å². The summed E-state index contributed by atoms with van der Waals surface area (Å²) < 4.78 is 8.00. The maximum absolute atomic E-state index is 6.02. The van der Waals surface area contributed by atoms with Crippen LogP contribution < -0.4 is 10.2 Å². The topological polar surface area (TPSA) is 30.5 Å². The fraction of sp³-hybridized carbons (Fsp3) is 0.500. The van der Waals surface area contributed by atoms with Crippen LogP contribution in [0.2, 0.25) is 0 Å². The van der Waals surface area contributed by atoms with Crippen LogP contribution in [0, 0.1) is 0 Å². The molecule has 1 aromatic carbocycles. The largest absolute Gasteiger partial charge is 0.486 e. The van der Waals surface area contributed by atoms with E-state index in [2.05, 4.69) is 57.3 Å². The number of fused-ring (bicyclic) bond motifs is 1. The summed E-state index contributed by atoms with van der Waals surface area (Å²) in [6.07, 6.45) is 0.858. The van der Waals surface area contributed by atoms with Crippen molar-refractivity contribution in [2.45, 2.75) is 31.9 Å². The van der Waals surface area contributed by atoms with Gasteiger partial charge in [-0.25, -0.2) is 0 Å². The van der Waals surface area contributed by atoms with Gasteiger partial charge in [-0.15, -0.1) is 0 Å². The lowest BCUT2D eigenvalue weighted by Gasteiger charge is -2.38. The van der Waals surface area contributed by atoms with Crippen LogP contribution in [0.15, 0.2) is 21.1 Å². The third kappa shape index (κ3) is 2.84. The fourth-order valence-electron chi connectivity index (χ4n) is 2.11. The summed E-state index contributed by atoms with van der Waals surface area (Å²) in [4.78, 5) is 5.08. The normalized spacial score (nSPS) is 21.8. The van der Waals surface area contributed by atoms with Crippen LogP contribution in [0.25, 0.3) is 0 Å². The van der Waals surface area contributed by atoms with Crippen molar-refractivity contribution in [1.82, 2.24) is 5.48 Å². The van der Waals surface area contributed by atoms with Gasteiger partial charge in [0.2, 0.25) is 0 Å². The third-order valence-corrected chi connectivity index (χ3v) is 3.79. The van der Waals surface area contributed by atoms with Gasteiger partial charge in [-0.3, -0.25) is 0 Å². The summed E-state index contributed by atoms with van der Waals surface area (Å²) in [5.41, 5.74) is 3.92. The molecule has 0 amide bonds. The minimum Gasteiger partial charge on any atom is -0.486 e. The first-order valence-corrected chi connectivity index (χ1v) is 6.98. The van der Waals surface area contributed by atoms with Crippen molar-refractivity contribution in [2.24, 2.45) is 0 Å². The first kappa shape index (κ1) is 13.3. The average Bonchev–Trinajstić information content (AvgIpc) is 2.19. The molecule has 0 spiro atoms. The molecule has 1 unspecified atom stereocenters. The van der Waals surface area contributed by atoms with Crippen LogP contribution in [0.5, 0.6) is 5.75 Å². The monoisotopic (exact) mass is 363 g/mol. The Morgan fingerprint density at radius 1 is 1.41 bits per heavy atom. The highest BCUT2D eigenvalue weighted by Gasteiger charge is 2.35. The molecule has 0 bridgehead atoms. The first-order chi connectivity index (χ1) is 7.93. The Morgan fingerprint density at radius 3 is 2.76 bits per heavy atom. The highest BCUT2D eigenvalue weighted by Crippen LogP contribution is 2.44. The molecule has 3 nitrogen and oxygen atoms in total. The van der Waals surface area contributed by atoms with E-state index in [-0.39, 0.29) is 11.6 Å². The molecule has 1 aliphatic heterocycles. The Balaban J connectivity index is 2.48. The smallest absolute Gasteiger partial charge is 0.139 e. The van der Waals surface area contributed by atoms with Crippen molar-refractivity contribution in [3.63, 3.8) is 0 Å². The lowest BCUT2D eigenvalue weighted by molar-refractivity contribution is 0.00250. The minimum atomic E-state index is -0.209. The van der Waals surface area contributed by atoms with E-state index in [4.69, 9.17) is 9.57 Å². The molecule has 0 radical (unpaired) electrons. The molecule has 0 saturated carbocycles. The summed E-state index contributed by atoms with van der Waals surface area (Å²) in [5, 5.41) is 0. The van der Waals surface area contributed by atoms with Crippen molar-refractivity contribution >= 4 is 31.9 Å². The summed E-state index contributed by atoms with van der Waals surface area (Å²) in [6, 6.07) is 4.18. The molecule has 1 heterocycles. The fourth-order valence-corrected chi connectivity index (χ4v) is 3.45. The number of hydroxylamine groups is 1. The van der Waals surface area contributed by atoms with Crippen molar-refractivity contribution in [3.8, 4) is 5.75 Å². The van der Waals surface area contributed by atoms with Gasteiger partial charge in [-0.1, -0.05) is 15.9 Å². The number of hydrogen-bond donors (Lipinski definition) is 1. The van der Waals surface area contributed by atoms with E-state index < -0.39 is 0 Å². The first-order valence-electron chi connectivity index (χ1n) is 5.39. The van der Waals surface area contributed by atoms with E-state index in [1.807, 2.05) is 6.07 Å². The van der Waals surface area contributed by atoms with E-state index in [0.29, 0.717) is 0 Å². The van der Waals surface area contributed by atoms with Gasteiger partial charge < -0.3 is 9.57 Å². The quantitative estimate of drug-likeness (QED) is 0.805. The zero-order valence-corrected chi connectivity index (χ0v) is 13.2. The molecular weight excluding hydrogens is 350 g/mol. The number of nitrogens with one attached hydrogen (secondary N) is 1. The molecule has 0 saturated heterocycles.